The van der Waals surface area contributed by atoms with Crippen LogP contribution in [0.3, 0.4) is 0 Å². The van der Waals surface area contributed by atoms with Gasteiger partial charge in [-0.2, -0.15) is 0 Å². The zero-order chi connectivity index (χ0) is 15.4. The van der Waals surface area contributed by atoms with Crippen molar-refractivity contribution in [1.29, 1.82) is 0 Å². The van der Waals surface area contributed by atoms with E-state index in [2.05, 4.69) is 5.32 Å². The Morgan fingerprint density at radius 3 is 2.50 bits per heavy atom. The molecule has 22 heavy (non-hydrogen) atoms. The molecule has 0 aliphatic carbocycles. The molecule has 0 bridgehead atoms. The molecule has 0 atom stereocenters. The normalized spacial score (nSPS) is 10.5. The SMILES string of the molecule is CNCCCCOc1ccc2c(C)c(C)c(=O)oc2c1C.Cl. The third kappa shape index (κ3) is 3.81. The Labute approximate surface area is 137 Å². The van der Waals surface area contributed by atoms with Crippen LogP contribution in [0, 0.1) is 20.8 Å². The first-order chi connectivity index (χ1) is 10.1. The Morgan fingerprint density at radius 2 is 1.82 bits per heavy atom. The predicted molar refractivity (Wildman–Crippen MR) is 92.6 cm³/mol. The largest absolute Gasteiger partial charge is 0.493 e. The van der Waals surface area contributed by atoms with Gasteiger partial charge < -0.3 is 14.5 Å². The summed E-state index contributed by atoms with van der Waals surface area (Å²) < 4.78 is 11.3. The first-order valence-corrected chi connectivity index (χ1v) is 7.37. The monoisotopic (exact) mass is 325 g/mol. The molecule has 1 N–H and O–H groups in total. The van der Waals surface area contributed by atoms with Crippen LogP contribution in [-0.2, 0) is 0 Å². The predicted octanol–water partition coefficient (Wildman–Crippen LogP) is 3.52. The molecule has 0 aliphatic rings. The fourth-order valence-electron chi connectivity index (χ4n) is 2.37. The lowest BCUT2D eigenvalue weighted by Gasteiger charge is -2.12. The average molecular weight is 326 g/mol. The van der Waals surface area contributed by atoms with Crippen LogP contribution in [0.15, 0.2) is 21.3 Å². The minimum atomic E-state index is -0.269. The summed E-state index contributed by atoms with van der Waals surface area (Å²) in [6.45, 7) is 7.34. The number of halogens is 1. The second kappa shape index (κ2) is 8.20. The molecule has 0 saturated heterocycles. The van der Waals surface area contributed by atoms with E-state index in [4.69, 9.17) is 9.15 Å². The van der Waals surface area contributed by atoms with Crippen molar-refractivity contribution < 1.29 is 9.15 Å². The number of ether oxygens (including phenoxy) is 1. The van der Waals surface area contributed by atoms with E-state index in [1.807, 2.05) is 33.0 Å². The van der Waals surface area contributed by atoms with Gasteiger partial charge in [0.1, 0.15) is 11.3 Å². The lowest BCUT2D eigenvalue weighted by atomic mass is 10.0. The third-order valence-electron chi connectivity index (χ3n) is 3.90. The smallest absolute Gasteiger partial charge is 0.339 e. The van der Waals surface area contributed by atoms with Crippen LogP contribution < -0.4 is 15.7 Å². The summed E-state index contributed by atoms with van der Waals surface area (Å²) in [5.41, 5.74) is 2.90. The van der Waals surface area contributed by atoms with Crippen LogP contribution >= 0.6 is 12.4 Å². The van der Waals surface area contributed by atoms with Crippen molar-refractivity contribution in [2.75, 3.05) is 20.2 Å². The molecule has 0 saturated carbocycles. The van der Waals surface area contributed by atoms with Crippen molar-refractivity contribution in [3.8, 4) is 5.75 Å². The summed E-state index contributed by atoms with van der Waals surface area (Å²) in [7, 11) is 1.95. The highest BCUT2D eigenvalue weighted by molar-refractivity contribution is 5.85. The summed E-state index contributed by atoms with van der Waals surface area (Å²) in [6.07, 6.45) is 2.08. The summed E-state index contributed by atoms with van der Waals surface area (Å²) >= 11 is 0. The Kier molecular flexibility index (Phi) is 6.91. The van der Waals surface area contributed by atoms with E-state index in [-0.39, 0.29) is 18.0 Å². The number of fused-ring (bicyclic) bond motifs is 1. The Bertz CT molecular complexity index is 694. The standard InChI is InChI=1S/C17H23NO3.ClH/c1-11-12(2)17(19)21-16-13(3)15(8-7-14(11)16)20-10-6-5-9-18-4;/h7-8,18H,5-6,9-10H2,1-4H3;1H. The molecule has 0 unspecified atom stereocenters. The maximum absolute atomic E-state index is 11.8. The average Bonchev–Trinajstić information content (AvgIpc) is 2.47. The molecular formula is C17H24ClNO3. The van der Waals surface area contributed by atoms with E-state index in [9.17, 15) is 4.79 Å². The van der Waals surface area contributed by atoms with Crippen LogP contribution in [-0.4, -0.2) is 20.2 Å². The van der Waals surface area contributed by atoms with Gasteiger partial charge in [-0.05, 0) is 64.9 Å². The first kappa shape index (κ1) is 18.5. The third-order valence-corrected chi connectivity index (χ3v) is 3.90. The molecule has 2 aromatic rings. The molecule has 1 aromatic heterocycles. The van der Waals surface area contributed by atoms with Crippen molar-refractivity contribution in [3.05, 3.63) is 39.2 Å². The fraction of sp³-hybridized carbons (Fsp3) is 0.471. The van der Waals surface area contributed by atoms with Gasteiger partial charge in [-0.1, -0.05) is 0 Å². The maximum atomic E-state index is 11.8. The van der Waals surface area contributed by atoms with Crippen LogP contribution in [0.5, 0.6) is 5.75 Å². The van der Waals surface area contributed by atoms with Gasteiger partial charge in [0.05, 0.1) is 6.61 Å². The van der Waals surface area contributed by atoms with Crippen molar-refractivity contribution in [2.24, 2.45) is 0 Å². The topological polar surface area (TPSA) is 51.5 Å². The second-order valence-electron chi connectivity index (χ2n) is 5.36. The molecule has 0 spiro atoms. The van der Waals surface area contributed by atoms with Gasteiger partial charge in [0.2, 0.25) is 0 Å². The molecule has 1 aromatic carbocycles. The van der Waals surface area contributed by atoms with Crippen LogP contribution in [0.2, 0.25) is 0 Å². The van der Waals surface area contributed by atoms with Crippen LogP contribution in [0.4, 0.5) is 0 Å². The highest BCUT2D eigenvalue weighted by atomic mass is 35.5. The van der Waals surface area contributed by atoms with Gasteiger partial charge in [-0.15, -0.1) is 12.4 Å². The fourth-order valence-corrected chi connectivity index (χ4v) is 2.37. The van der Waals surface area contributed by atoms with Gasteiger partial charge in [0.15, 0.2) is 0 Å². The van der Waals surface area contributed by atoms with E-state index in [0.29, 0.717) is 17.8 Å². The number of nitrogens with one attached hydrogen (secondary N) is 1. The number of hydrogen-bond acceptors (Lipinski definition) is 4. The summed E-state index contributed by atoms with van der Waals surface area (Å²) in [5.74, 6) is 0.790. The molecule has 0 fully saturated rings. The quantitative estimate of drug-likeness (QED) is 0.652. The van der Waals surface area contributed by atoms with E-state index in [1.54, 1.807) is 6.92 Å². The molecule has 5 heteroatoms. The van der Waals surface area contributed by atoms with E-state index < -0.39 is 0 Å². The molecule has 0 amide bonds. The van der Waals surface area contributed by atoms with Crippen molar-refractivity contribution in [3.63, 3.8) is 0 Å². The summed E-state index contributed by atoms with van der Waals surface area (Å²) in [6, 6.07) is 3.93. The van der Waals surface area contributed by atoms with Crippen molar-refractivity contribution in [2.45, 2.75) is 33.6 Å². The molecule has 4 nitrogen and oxygen atoms in total. The van der Waals surface area contributed by atoms with Gasteiger partial charge in [-0.25, -0.2) is 4.79 Å². The number of hydrogen-bond donors (Lipinski definition) is 1. The summed E-state index contributed by atoms with van der Waals surface area (Å²) in [4.78, 5) is 11.8. The van der Waals surface area contributed by atoms with Gasteiger partial charge in [0.25, 0.3) is 0 Å². The van der Waals surface area contributed by atoms with E-state index >= 15 is 0 Å². The number of unbranched alkanes of at least 4 members (excludes halogenated alkanes) is 1. The number of benzene rings is 1. The minimum Gasteiger partial charge on any atom is -0.493 e. The minimum absolute atomic E-state index is 0. The van der Waals surface area contributed by atoms with E-state index in [0.717, 1.165) is 41.6 Å². The van der Waals surface area contributed by atoms with Gasteiger partial charge in [0, 0.05) is 16.5 Å². The zero-order valence-corrected chi connectivity index (χ0v) is 14.4. The second-order valence-corrected chi connectivity index (χ2v) is 5.36. The van der Waals surface area contributed by atoms with Crippen molar-refractivity contribution >= 4 is 23.4 Å². The summed E-state index contributed by atoms with van der Waals surface area (Å²) in [5, 5.41) is 4.09. The Hall–Kier alpha value is -1.52. The molecule has 2 rings (SSSR count). The highest BCUT2D eigenvalue weighted by Gasteiger charge is 2.12. The lowest BCUT2D eigenvalue weighted by Crippen LogP contribution is -2.09. The van der Waals surface area contributed by atoms with E-state index in [1.165, 1.54) is 0 Å². The van der Waals surface area contributed by atoms with Crippen LogP contribution in [0.1, 0.15) is 29.5 Å². The lowest BCUT2D eigenvalue weighted by molar-refractivity contribution is 0.304. The Morgan fingerprint density at radius 1 is 1.09 bits per heavy atom. The molecule has 122 valence electrons. The first-order valence-electron chi connectivity index (χ1n) is 7.37. The zero-order valence-electron chi connectivity index (χ0n) is 13.6. The molecule has 1 heterocycles. The molecule has 0 aliphatic heterocycles. The maximum Gasteiger partial charge on any atom is 0.339 e. The highest BCUT2D eigenvalue weighted by Crippen LogP contribution is 2.29. The van der Waals surface area contributed by atoms with Crippen LogP contribution in [0.25, 0.3) is 11.0 Å². The molecule has 0 radical (unpaired) electrons. The molecular weight excluding hydrogens is 302 g/mol. The number of aryl methyl sites for hydroxylation is 2. The Balaban J connectivity index is 0.00000242. The number of rotatable bonds is 6. The van der Waals surface area contributed by atoms with Gasteiger partial charge in [-0.3, -0.25) is 0 Å². The van der Waals surface area contributed by atoms with Crippen molar-refractivity contribution in [1.82, 2.24) is 5.32 Å². The van der Waals surface area contributed by atoms with Gasteiger partial charge >= 0.3 is 5.63 Å².